The smallest absolute Gasteiger partial charge is 0.380 e. The summed E-state index contributed by atoms with van der Waals surface area (Å²) < 4.78 is 45.6. The number of para-hydroxylation sites is 1. The highest BCUT2D eigenvalue weighted by Crippen LogP contribution is 2.53. The molecule has 41 heavy (non-hydrogen) atoms. The largest absolute Gasteiger partial charge is 0.424 e. The van der Waals surface area contributed by atoms with Crippen LogP contribution in [0.4, 0.5) is 10.3 Å². The van der Waals surface area contributed by atoms with Crippen LogP contribution in [0.1, 0.15) is 44.6 Å². The van der Waals surface area contributed by atoms with Crippen LogP contribution in [0.25, 0.3) is 5.65 Å². The van der Waals surface area contributed by atoms with Crippen molar-refractivity contribution in [2.24, 2.45) is 5.92 Å². The average molecular weight is 658 g/mol. The average Bonchev–Trinajstić information content (AvgIpc) is 3.40. The number of Topliss-reactive ketones (excluding diaryl/α,β-unsaturated/α-hetero) is 2. The molecule has 1 fully saturated rings. The minimum atomic E-state index is -4.10. The van der Waals surface area contributed by atoms with Gasteiger partial charge in [0.1, 0.15) is 35.6 Å². The molecule has 0 spiro atoms. The van der Waals surface area contributed by atoms with Crippen molar-refractivity contribution in [1.82, 2.24) is 19.6 Å². The van der Waals surface area contributed by atoms with Crippen molar-refractivity contribution >= 4 is 46.7 Å². The summed E-state index contributed by atoms with van der Waals surface area (Å²) in [5.41, 5.74) is 5.37. The first kappa shape index (κ1) is 31.0. The Morgan fingerprint density at radius 3 is 2.76 bits per heavy atom. The Labute approximate surface area is 242 Å². The van der Waals surface area contributed by atoms with Gasteiger partial charge in [0.25, 0.3) is 5.56 Å². The van der Waals surface area contributed by atoms with Gasteiger partial charge in [0.2, 0.25) is 16.2 Å². The quantitative estimate of drug-likeness (QED) is 0.192. The zero-order valence-electron chi connectivity index (χ0n) is 22.5. The number of nitrogens with one attached hydrogen (secondary N) is 1. The number of carbonyl (C=O) groups is 2. The van der Waals surface area contributed by atoms with Crippen molar-refractivity contribution in [1.29, 1.82) is 0 Å². The Morgan fingerprint density at radius 2 is 2.07 bits per heavy atom. The molecule has 4 N–H and O–H groups in total. The number of anilines is 1. The summed E-state index contributed by atoms with van der Waals surface area (Å²) in [5, 5.41) is 14.8. The Balaban J connectivity index is 1.58. The van der Waals surface area contributed by atoms with Gasteiger partial charge in [-0.2, -0.15) is 0 Å². The molecule has 0 aliphatic carbocycles. The summed E-state index contributed by atoms with van der Waals surface area (Å²) >= 11 is 2.88. The molecular formula is C25H30BrFN5O8P. The van der Waals surface area contributed by atoms with Crippen LogP contribution < -0.4 is 15.8 Å². The monoisotopic (exact) mass is 657 g/mol. The number of ketones is 2. The molecule has 16 heteroatoms. The van der Waals surface area contributed by atoms with Gasteiger partial charge in [-0.25, -0.2) is 18.5 Å². The van der Waals surface area contributed by atoms with Crippen molar-refractivity contribution in [2.75, 3.05) is 18.5 Å². The van der Waals surface area contributed by atoms with Crippen molar-refractivity contribution in [3.8, 4) is 5.75 Å². The number of aliphatic hydroxyl groups excluding tert-OH is 1. The van der Waals surface area contributed by atoms with E-state index in [0.717, 1.165) is 10.7 Å². The summed E-state index contributed by atoms with van der Waals surface area (Å²) in [7, 11) is -4.10. The van der Waals surface area contributed by atoms with E-state index >= 15 is 4.39 Å². The molecule has 1 aromatic carbocycles. The number of benzene rings is 1. The highest BCUT2D eigenvalue weighted by Gasteiger charge is 2.58. The van der Waals surface area contributed by atoms with Gasteiger partial charge in [0.15, 0.2) is 0 Å². The lowest BCUT2D eigenvalue weighted by molar-refractivity contribution is -0.120. The number of rotatable bonds is 12. The molecule has 0 amide bonds. The van der Waals surface area contributed by atoms with Crippen molar-refractivity contribution in [3.05, 3.63) is 52.1 Å². The third-order valence-corrected chi connectivity index (χ3v) is 9.57. The van der Waals surface area contributed by atoms with Crippen molar-refractivity contribution < 1.29 is 37.4 Å². The normalized spacial score (nSPS) is 24.7. The number of alkyl halides is 2. The van der Waals surface area contributed by atoms with Crippen molar-refractivity contribution in [2.45, 2.75) is 56.5 Å². The molecule has 6 atom stereocenters. The number of fused-ring (bicyclic) bond motifs is 1. The predicted octanol–water partition coefficient (Wildman–Crippen LogP) is 2.90. The second kappa shape index (κ2) is 12.1. The van der Waals surface area contributed by atoms with Crippen LogP contribution >= 0.6 is 23.5 Å². The summed E-state index contributed by atoms with van der Waals surface area (Å²) in [6.07, 6.45) is -3.31. The topological polar surface area (TPSA) is 188 Å². The van der Waals surface area contributed by atoms with Crippen LogP contribution in [0.3, 0.4) is 0 Å². The van der Waals surface area contributed by atoms with E-state index in [4.69, 9.17) is 19.5 Å². The number of H-pyrrole nitrogens is 1. The second-order valence-corrected chi connectivity index (χ2v) is 13.2. The predicted molar refractivity (Wildman–Crippen MR) is 149 cm³/mol. The van der Waals surface area contributed by atoms with E-state index in [0.29, 0.717) is 12.0 Å². The number of hydrogen-bond acceptors (Lipinski definition) is 11. The first-order chi connectivity index (χ1) is 19.2. The number of nitrogens with two attached hydrogens (primary N) is 1. The van der Waals surface area contributed by atoms with Gasteiger partial charge in [-0.3, -0.25) is 19.1 Å². The fourth-order valence-electron chi connectivity index (χ4n) is 4.27. The molecule has 0 saturated carbocycles. The van der Waals surface area contributed by atoms with Crippen LogP contribution in [0.2, 0.25) is 0 Å². The Kier molecular flexibility index (Phi) is 9.14. The third-order valence-electron chi connectivity index (χ3n) is 6.68. The molecule has 0 bridgehead atoms. The van der Waals surface area contributed by atoms with Crippen LogP contribution in [0.5, 0.6) is 5.75 Å². The minimum absolute atomic E-state index is 0.0252. The molecule has 222 valence electrons. The molecule has 13 nitrogen and oxygen atoms in total. The van der Waals surface area contributed by atoms with Gasteiger partial charge in [-0.1, -0.05) is 25.1 Å². The van der Waals surface area contributed by atoms with Crippen LogP contribution in [-0.2, 0) is 29.8 Å². The number of aryl methyl sites for hydroxylation is 1. The lowest BCUT2D eigenvalue weighted by Gasteiger charge is -2.25. The number of aromatic nitrogens is 4. The Morgan fingerprint density at radius 1 is 1.37 bits per heavy atom. The van der Waals surface area contributed by atoms with Crippen molar-refractivity contribution in [3.63, 3.8) is 0 Å². The lowest BCUT2D eigenvalue weighted by Crippen LogP contribution is -2.37. The first-order valence-corrected chi connectivity index (χ1v) is 15.2. The van der Waals surface area contributed by atoms with E-state index in [1.807, 2.05) is 0 Å². The first-order valence-electron chi connectivity index (χ1n) is 12.7. The fraction of sp³-hybridized carbons (Fsp3) is 0.480. The summed E-state index contributed by atoms with van der Waals surface area (Å²) in [6, 6.07) is 6.68. The Bertz CT molecular complexity index is 1560. The highest BCUT2D eigenvalue weighted by molar-refractivity contribution is 9.10. The molecule has 1 saturated heterocycles. The maximum atomic E-state index is 15.8. The molecule has 2 aromatic heterocycles. The molecule has 3 aromatic rings. The van der Waals surface area contributed by atoms with E-state index in [-0.39, 0.29) is 47.2 Å². The van der Waals surface area contributed by atoms with E-state index in [9.17, 15) is 24.1 Å². The zero-order valence-corrected chi connectivity index (χ0v) is 24.9. The van der Waals surface area contributed by atoms with Gasteiger partial charge >= 0.3 is 7.60 Å². The van der Waals surface area contributed by atoms with Crippen LogP contribution in [-0.4, -0.2) is 65.8 Å². The van der Waals surface area contributed by atoms with E-state index < -0.39 is 48.6 Å². The Hall–Kier alpha value is -2.97. The second-order valence-electron chi connectivity index (χ2n) is 9.93. The number of nitrogen functional groups attached to an aromatic ring is 1. The summed E-state index contributed by atoms with van der Waals surface area (Å²) in [5.74, 6) is -1.04. The molecule has 3 heterocycles. The molecule has 4 rings (SSSR count). The van der Waals surface area contributed by atoms with Gasteiger partial charge < -0.3 is 24.9 Å². The standard InChI is InChI=1S/C25H30BrFN5O8P/c1-13(15(3)34)12-41(37,40-18-7-5-4-6-16(18)9-8-14(2)33)38-11-19-20(35)25(26,27)21(39-19)17-10-29-22-23(36)30-24(28)31-32(17)22/h4-7,10,13,19-21,35H,8-9,11-12H2,1-3H3,(H3,28,30,31,36)/t13-,19-,20+,21+,25?,41?/m1/s1. The van der Waals surface area contributed by atoms with E-state index in [2.05, 4.69) is 31.0 Å². The molecular weight excluding hydrogens is 628 g/mol. The molecule has 1 aliphatic rings. The number of ether oxygens (including phenoxy) is 1. The highest BCUT2D eigenvalue weighted by atomic mass is 79.9. The van der Waals surface area contributed by atoms with Crippen LogP contribution in [0.15, 0.2) is 35.3 Å². The zero-order chi connectivity index (χ0) is 30.1. The molecule has 0 radical (unpaired) electrons. The van der Waals surface area contributed by atoms with E-state index in [1.165, 1.54) is 13.8 Å². The van der Waals surface area contributed by atoms with Gasteiger partial charge in [-0.15, -0.1) is 5.10 Å². The fourth-order valence-corrected chi connectivity index (χ4v) is 6.92. The number of carbonyl (C=O) groups excluding carboxylic acids is 2. The number of aromatic amines is 1. The number of halogens is 2. The van der Waals surface area contributed by atoms with Gasteiger partial charge in [0, 0.05) is 12.3 Å². The summed E-state index contributed by atoms with van der Waals surface area (Å²) in [4.78, 5) is 41.9. The maximum Gasteiger partial charge on any atom is 0.380 e. The number of hydrogen-bond donors (Lipinski definition) is 3. The lowest BCUT2D eigenvalue weighted by atomic mass is 10.1. The number of aliphatic hydroxyl groups is 1. The summed E-state index contributed by atoms with van der Waals surface area (Å²) in [6.45, 7) is 3.78. The number of imidazole rings is 1. The minimum Gasteiger partial charge on any atom is -0.424 e. The third kappa shape index (κ3) is 6.75. The van der Waals surface area contributed by atoms with E-state index in [1.54, 1.807) is 31.2 Å². The SMILES string of the molecule is CC(=O)CCc1ccccc1OP(=O)(C[C@@H](C)C(C)=O)OC[C@H]1O[C@@H](c2cnc3c(=O)[nH]c(N)nn23)C(F)(Br)[C@H]1O. The molecule has 2 unspecified atom stereocenters. The van der Waals surface area contributed by atoms with Crippen LogP contribution in [0, 0.1) is 5.92 Å². The number of nitrogens with zero attached hydrogens (tertiary/aromatic N) is 3. The maximum absolute atomic E-state index is 15.8. The van der Waals surface area contributed by atoms with Gasteiger partial charge in [0.05, 0.1) is 24.7 Å². The van der Waals surface area contributed by atoms with Gasteiger partial charge in [-0.05, 0) is 47.8 Å². The molecule has 1 aliphatic heterocycles.